The van der Waals surface area contributed by atoms with Gasteiger partial charge in [-0.2, -0.15) is 0 Å². The molecule has 31 heavy (non-hydrogen) atoms. The zero-order valence-electron chi connectivity index (χ0n) is 17.4. The molecule has 2 aromatic heterocycles. The van der Waals surface area contributed by atoms with E-state index in [-0.39, 0.29) is 17.9 Å². The third kappa shape index (κ3) is 4.53. The van der Waals surface area contributed by atoms with Gasteiger partial charge < -0.3 is 9.13 Å². The monoisotopic (exact) mass is 415 g/mol. The molecule has 0 aliphatic carbocycles. The Kier molecular flexibility index (Phi) is 5.62. The first kappa shape index (κ1) is 20.5. The summed E-state index contributed by atoms with van der Waals surface area (Å²) >= 11 is 0. The second kappa shape index (κ2) is 8.52. The van der Waals surface area contributed by atoms with E-state index in [1.165, 1.54) is 22.9 Å². The Labute approximate surface area is 179 Å². The number of pyridine rings is 1. The molecule has 4 aromatic rings. The van der Waals surface area contributed by atoms with Gasteiger partial charge in [-0.3, -0.25) is 9.59 Å². The Morgan fingerprint density at radius 2 is 1.74 bits per heavy atom. The number of aromatic nitrogens is 3. The minimum atomic E-state index is -0.330. The van der Waals surface area contributed by atoms with Crippen molar-refractivity contribution in [3.63, 3.8) is 0 Å². The van der Waals surface area contributed by atoms with Crippen LogP contribution in [0.5, 0.6) is 0 Å². The average Bonchev–Trinajstić information content (AvgIpc) is 3.18. The SMILES string of the molecule is Cc1cn(-c2ccc(Cc3cc(C=O)cn(Cc4ccc(F)cc4)c3=O)cc2C)cn1. The molecule has 0 amide bonds. The predicted molar refractivity (Wildman–Crippen MR) is 117 cm³/mol. The van der Waals surface area contributed by atoms with Gasteiger partial charge in [-0.05, 0) is 54.8 Å². The molecule has 0 atom stereocenters. The maximum absolute atomic E-state index is 13.2. The summed E-state index contributed by atoms with van der Waals surface area (Å²) in [4.78, 5) is 28.8. The largest absolute Gasteiger partial charge is 0.310 e. The number of halogens is 1. The molecule has 0 saturated carbocycles. The molecule has 5 nitrogen and oxygen atoms in total. The quantitative estimate of drug-likeness (QED) is 0.443. The third-order valence-electron chi connectivity index (χ3n) is 5.23. The van der Waals surface area contributed by atoms with Crippen molar-refractivity contribution in [2.45, 2.75) is 26.8 Å². The van der Waals surface area contributed by atoms with E-state index in [0.717, 1.165) is 34.4 Å². The fraction of sp³-hybridized carbons (Fsp3) is 0.160. The van der Waals surface area contributed by atoms with Crippen molar-refractivity contribution in [2.24, 2.45) is 0 Å². The number of benzene rings is 2. The molecule has 0 N–H and O–H groups in total. The molecule has 0 saturated heterocycles. The second-order valence-electron chi connectivity index (χ2n) is 7.70. The van der Waals surface area contributed by atoms with Gasteiger partial charge >= 0.3 is 0 Å². The molecular formula is C25H22FN3O2. The first-order valence-corrected chi connectivity index (χ1v) is 9.96. The van der Waals surface area contributed by atoms with Crippen LogP contribution in [0.4, 0.5) is 4.39 Å². The molecule has 0 unspecified atom stereocenters. The lowest BCUT2D eigenvalue weighted by Gasteiger charge is -2.12. The Balaban J connectivity index is 1.65. The van der Waals surface area contributed by atoms with Crippen LogP contribution in [0.25, 0.3) is 5.69 Å². The first-order chi connectivity index (χ1) is 14.9. The summed E-state index contributed by atoms with van der Waals surface area (Å²) in [5, 5.41) is 0. The molecule has 4 rings (SSSR count). The topological polar surface area (TPSA) is 56.9 Å². The maximum atomic E-state index is 13.2. The minimum Gasteiger partial charge on any atom is -0.310 e. The van der Waals surface area contributed by atoms with Crippen LogP contribution in [0, 0.1) is 19.7 Å². The average molecular weight is 415 g/mol. The summed E-state index contributed by atoms with van der Waals surface area (Å²) in [5.41, 5.74) is 5.60. The molecule has 0 radical (unpaired) electrons. The first-order valence-electron chi connectivity index (χ1n) is 9.96. The maximum Gasteiger partial charge on any atom is 0.254 e. The summed E-state index contributed by atoms with van der Waals surface area (Å²) in [6.45, 7) is 4.23. The standard InChI is InChI=1S/C25H22FN3O2/c1-17-9-20(5-8-24(17)29-12-18(2)27-16-29)10-22-11-21(15-30)14-28(25(22)31)13-19-3-6-23(26)7-4-19/h3-9,11-12,14-16H,10,13H2,1-2H3. The molecular weight excluding hydrogens is 393 g/mol. The van der Waals surface area contributed by atoms with Crippen LogP contribution in [0.1, 0.15) is 38.3 Å². The number of rotatable bonds is 6. The molecule has 156 valence electrons. The summed E-state index contributed by atoms with van der Waals surface area (Å²) in [5.74, 6) is -0.330. The predicted octanol–water partition coefficient (Wildman–Crippen LogP) is 4.24. The molecule has 0 aliphatic heterocycles. The second-order valence-corrected chi connectivity index (χ2v) is 7.70. The molecule has 2 heterocycles. The lowest BCUT2D eigenvalue weighted by molar-refractivity contribution is 0.112. The van der Waals surface area contributed by atoms with Crippen LogP contribution in [-0.4, -0.2) is 20.4 Å². The lowest BCUT2D eigenvalue weighted by atomic mass is 10.0. The molecule has 6 heteroatoms. The summed E-state index contributed by atoms with van der Waals surface area (Å²) in [6, 6.07) is 13.7. The van der Waals surface area contributed by atoms with Crippen LogP contribution >= 0.6 is 0 Å². The number of imidazole rings is 1. The van der Waals surface area contributed by atoms with Crippen molar-refractivity contribution in [3.8, 4) is 5.69 Å². The van der Waals surface area contributed by atoms with Crippen LogP contribution in [0.2, 0.25) is 0 Å². The van der Waals surface area contributed by atoms with E-state index >= 15 is 0 Å². The van der Waals surface area contributed by atoms with Gasteiger partial charge in [0.1, 0.15) is 5.82 Å². The van der Waals surface area contributed by atoms with Crippen molar-refractivity contribution in [3.05, 3.63) is 117 Å². The Morgan fingerprint density at radius 1 is 1.00 bits per heavy atom. The van der Waals surface area contributed by atoms with Crippen molar-refractivity contribution in [2.75, 3.05) is 0 Å². The molecule has 0 fully saturated rings. The molecule has 0 spiro atoms. The summed E-state index contributed by atoms with van der Waals surface area (Å²) in [7, 11) is 0. The van der Waals surface area contributed by atoms with E-state index in [2.05, 4.69) is 4.98 Å². The zero-order valence-corrected chi connectivity index (χ0v) is 17.4. The number of carbonyl (C=O) groups is 1. The van der Waals surface area contributed by atoms with Gasteiger partial charge in [-0.1, -0.05) is 24.3 Å². The van der Waals surface area contributed by atoms with Gasteiger partial charge in [0.15, 0.2) is 6.29 Å². The zero-order chi connectivity index (χ0) is 22.0. The minimum absolute atomic E-state index is 0.165. The van der Waals surface area contributed by atoms with Crippen molar-refractivity contribution in [1.29, 1.82) is 0 Å². The fourth-order valence-corrected chi connectivity index (χ4v) is 3.71. The van der Waals surface area contributed by atoms with Gasteiger partial charge in [0.25, 0.3) is 5.56 Å². The Bertz CT molecular complexity index is 1300. The van der Waals surface area contributed by atoms with Crippen molar-refractivity contribution < 1.29 is 9.18 Å². The van der Waals surface area contributed by atoms with Gasteiger partial charge in [-0.15, -0.1) is 0 Å². The van der Waals surface area contributed by atoms with Crippen molar-refractivity contribution >= 4 is 6.29 Å². The van der Waals surface area contributed by atoms with Crippen LogP contribution in [-0.2, 0) is 13.0 Å². The fourth-order valence-electron chi connectivity index (χ4n) is 3.71. The van der Waals surface area contributed by atoms with E-state index in [0.29, 0.717) is 17.5 Å². The Morgan fingerprint density at radius 3 is 2.39 bits per heavy atom. The number of hydrogen-bond acceptors (Lipinski definition) is 3. The number of nitrogens with zero attached hydrogens (tertiary/aromatic N) is 3. The lowest BCUT2D eigenvalue weighted by Crippen LogP contribution is -2.25. The summed E-state index contributed by atoms with van der Waals surface area (Å²) in [6.07, 6.45) is 6.43. The highest BCUT2D eigenvalue weighted by molar-refractivity contribution is 5.74. The van der Waals surface area contributed by atoms with Gasteiger partial charge in [0.05, 0.1) is 18.6 Å². The van der Waals surface area contributed by atoms with Crippen molar-refractivity contribution in [1.82, 2.24) is 14.1 Å². The van der Waals surface area contributed by atoms with Gasteiger partial charge in [-0.25, -0.2) is 9.37 Å². The highest BCUT2D eigenvalue weighted by atomic mass is 19.1. The van der Waals surface area contributed by atoms with E-state index in [4.69, 9.17) is 0 Å². The van der Waals surface area contributed by atoms with Gasteiger partial charge in [0, 0.05) is 35.6 Å². The highest BCUT2D eigenvalue weighted by Crippen LogP contribution is 2.18. The van der Waals surface area contributed by atoms with Crippen LogP contribution in [0.3, 0.4) is 0 Å². The Hall–Kier alpha value is -3.80. The van der Waals surface area contributed by atoms with Gasteiger partial charge in [0.2, 0.25) is 0 Å². The van der Waals surface area contributed by atoms with E-state index in [1.54, 1.807) is 24.5 Å². The number of carbonyl (C=O) groups excluding carboxylic acids is 1. The number of aryl methyl sites for hydroxylation is 2. The third-order valence-corrected chi connectivity index (χ3v) is 5.23. The summed E-state index contributed by atoms with van der Waals surface area (Å²) < 4.78 is 16.7. The normalized spacial score (nSPS) is 10.9. The molecule has 0 bridgehead atoms. The smallest absolute Gasteiger partial charge is 0.254 e. The van der Waals surface area contributed by atoms with E-state index < -0.39 is 0 Å². The van der Waals surface area contributed by atoms with Crippen LogP contribution in [0.15, 0.2) is 72.0 Å². The van der Waals surface area contributed by atoms with Crippen LogP contribution < -0.4 is 5.56 Å². The molecule has 0 aliphatic rings. The molecule has 2 aromatic carbocycles. The van der Waals surface area contributed by atoms with E-state index in [1.807, 2.05) is 42.8 Å². The number of aldehydes is 1. The number of hydrogen-bond donors (Lipinski definition) is 0. The highest BCUT2D eigenvalue weighted by Gasteiger charge is 2.10. The van der Waals surface area contributed by atoms with E-state index in [9.17, 15) is 14.0 Å².